The number of anilines is 2. The van der Waals surface area contributed by atoms with Gasteiger partial charge in [0, 0.05) is 19.0 Å². The van der Waals surface area contributed by atoms with Gasteiger partial charge < -0.3 is 19.4 Å². The lowest BCUT2D eigenvalue weighted by Gasteiger charge is -2.39. The molecule has 3 heterocycles. The molecular formula is C22H30N4O2S. The number of ketones is 1. The van der Waals surface area contributed by atoms with Crippen molar-refractivity contribution in [3.63, 3.8) is 0 Å². The van der Waals surface area contributed by atoms with Gasteiger partial charge in [-0.3, -0.25) is 9.79 Å². The normalized spacial score (nSPS) is 18.6. The van der Waals surface area contributed by atoms with Crippen molar-refractivity contribution >= 4 is 34.1 Å². The van der Waals surface area contributed by atoms with Gasteiger partial charge in [0.2, 0.25) is 0 Å². The van der Waals surface area contributed by atoms with Crippen molar-refractivity contribution in [3.05, 3.63) is 29.4 Å². The largest absolute Gasteiger partial charge is 0.487 e. The first-order valence-corrected chi connectivity index (χ1v) is 11.4. The molecule has 1 atom stereocenters. The molecule has 0 bridgehead atoms. The average molecular weight is 415 g/mol. The van der Waals surface area contributed by atoms with Gasteiger partial charge in [-0.05, 0) is 25.5 Å². The molecule has 0 spiro atoms. The molecule has 3 aliphatic heterocycles. The summed E-state index contributed by atoms with van der Waals surface area (Å²) < 4.78 is 6.16. The maximum atomic E-state index is 12.9. The van der Waals surface area contributed by atoms with Crippen LogP contribution in [0.2, 0.25) is 0 Å². The van der Waals surface area contributed by atoms with E-state index in [-0.39, 0.29) is 11.8 Å². The Morgan fingerprint density at radius 1 is 1.34 bits per heavy atom. The van der Waals surface area contributed by atoms with E-state index in [4.69, 9.17) is 4.74 Å². The number of fused-ring (bicyclic) bond motifs is 2. The van der Waals surface area contributed by atoms with Crippen LogP contribution in [0.25, 0.3) is 0 Å². The van der Waals surface area contributed by atoms with Gasteiger partial charge in [0.05, 0.1) is 30.5 Å². The molecule has 4 rings (SSSR count). The van der Waals surface area contributed by atoms with Crippen LogP contribution < -0.4 is 14.5 Å². The molecule has 0 aliphatic carbocycles. The Hall–Kier alpha value is -2.15. The minimum atomic E-state index is -0.212. The fourth-order valence-electron chi connectivity index (χ4n) is 4.21. The maximum Gasteiger partial charge on any atom is 0.169 e. The molecule has 0 saturated heterocycles. The molecule has 0 saturated carbocycles. The highest BCUT2D eigenvalue weighted by Crippen LogP contribution is 2.45. The third kappa shape index (κ3) is 3.84. The first-order chi connectivity index (χ1) is 14.1. The molecular weight excluding hydrogens is 384 g/mol. The van der Waals surface area contributed by atoms with Crippen LogP contribution in [0.4, 0.5) is 11.4 Å². The van der Waals surface area contributed by atoms with E-state index >= 15 is 0 Å². The maximum absolute atomic E-state index is 12.9. The summed E-state index contributed by atoms with van der Waals surface area (Å²) in [7, 11) is 2.09. The zero-order valence-corrected chi connectivity index (χ0v) is 18.4. The molecule has 0 aromatic heterocycles. The number of thioether (sulfide) groups is 1. The molecule has 29 heavy (non-hydrogen) atoms. The number of Topliss-reactive ketones (excluding diaryl/α,β-unsaturated/α-hetero) is 1. The third-order valence-corrected chi connectivity index (χ3v) is 6.66. The molecule has 7 heteroatoms. The second kappa shape index (κ2) is 8.69. The summed E-state index contributed by atoms with van der Waals surface area (Å²) in [6, 6.07) is 6.04. The predicted octanol–water partition coefficient (Wildman–Crippen LogP) is 4.08. The van der Waals surface area contributed by atoms with Gasteiger partial charge in [-0.25, -0.2) is 0 Å². The second-order valence-electron chi connectivity index (χ2n) is 7.80. The highest BCUT2D eigenvalue weighted by atomic mass is 32.2. The molecule has 1 unspecified atom stereocenters. The van der Waals surface area contributed by atoms with Crippen LogP contribution in [0.5, 0.6) is 5.75 Å². The number of carbonyl (C=O) groups excluding carboxylic acids is 1. The second-order valence-corrected chi connectivity index (χ2v) is 8.63. The Morgan fingerprint density at radius 3 is 3.00 bits per heavy atom. The van der Waals surface area contributed by atoms with Gasteiger partial charge in [0.25, 0.3) is 0 Å². The molecule has 1 aromatic carbocycles. The molecule has 0 amide bonds. The molecule has 0 N–H and O–H groups in total. The molecule has 6 nitrogen and oxygen atoms in total. The number of rotatable bonds is 8. The zero-order chi connectivity index (χ0) is 20.4. The molecule has 156 valence electrons. The summed E-state index contributed by atoms with van der Waals surface area (Å²) >= 11 is 1.65. The van der Waals surface area contributed by atoms with E-state index in [0.29, 0.717) is 6.61 Å². The lowest BCUT2D eigenvalue weighted by atomic mass is 10.0. The van der Waals surface area contributed by atoms with Crippen molar-refractivity contribution in [1.29, 1.82) is 0 Å². The van der Waals surface area contributed by atoms with Crippen LogP contribution in [0, 0.1) is 0 Å². The molecule has 0 radical (unpaired) electrons. The van der Waals surface area contributed by atoms with Crippen molar-refractivity contribution in [2.24, 2.45) is 4.99 Å². The lowest BCUT2D eigenvalue weighted by molar-refractivity contribution is -0.118. The number of likely N-dealkylation sites (N-methyl/N-ethyl adjacent to an activating group) is 1. The van der Waals surface area contributed by atoms with Gasteiger partial charge in [-0.1, -0.05) is 44.0 Å². The number of hydrogen-bond donors (Lipinski definition) is 0. The molecule has 1 aromatic rings. The van der Waals surface area contributed by atoms with E-state index in [1.807, 2.05) is 0 Å². The van der Waals surface area contributed by atoms with E-state index in [1.165, 1.54) is 0 Å². The Labute approximate surface area is 177 Å². The number of ether oxygens (including phenoxy) is 1. The zero-order valence-electron chi connectivity index (χ0n) is 17.6. The van der Waals surface area contributed by atoms with E-state index in [2.05, 4.69) is 57.3 Å². The Balaban J connectivity index is 1.78. The monoisotopic (exact) mass is 414 g/mol. The average Bonchev–Trinajstić information content (AvgIpc) is 3.32. The van der Waals surface area contributed by atoms with Crippen molar-refractivity contribution in [2.75, 3.05) is 43.1 Å². The SMILES string of the molecule is CCCCCC(C(C)=O)N(C1=CSC2=NCCN12)c1cccc2c1OCCN2C. The van der Waals surface area contributed by atoms with Crippen LogP contribution >= 0.6 is 11.8 Å². The van der Waals surface area contributed by atoms with Crippen LogP contribution in [0.3, 0.4) is 0 Å². The fourth-order valence-corrected chi connectivity index (χ4v) is 5.13. The molecule has 0 fully saturated rings. The van der Waals surface area contributed by atoms with Crippen molar-refractivity contribution in [3.8, 4) is 5.75 Å². The third-order valence-electron chi connectivity index (χ3n) is 5.77. The standard InChI is InChI=1S/C22H30N4O2S/c1-4-5-6-8-17(16(2)27)26(20-15-29-22-23-11-12-25(20)22)19-10-7-9-18-21(19)28-14-13-24(18)3/h7,9-10,15,17H,4-6,8,11-14H2,1-3H3. The molecule has 3 aliphatic rings. The predicted molar refractivity (Wildman–Crippen MR) is 121 cm³/mol. The summed E-state index contributed by atoms with van der Waals surface area (Å²) in [4.78, 5) is 24.1. The van der Waals surface area contributed by atoms with Crippen LogP contribution in [-0.2, 0) is 4.79 Å². The fraction of sp³-hybridized carbons (Fsp3) is 0.545. The first-order valence-electron chi connectivity index (χ1n) is 10.6. The highest BCUT2D eigenvalue weighted by Gasteiger charge is 2.37. The van der Waals surface area contributed by atoms with Crippen molar-refractivity contribution in [1.82, 2.24) is 4.90 Å². The minimum absolute atomic E-state index is 0.193. The summed E-state index contributed by atoms with van der Waals surface area (Å²) in [5.41, 5.74) is 2.06. The Kier molecular flexibility index (Phi) is 6.04. The number of para-hydroxylation sites is 1. The summed E-state index contributed by atoms with van der Waals surface area (Å²) in [6.45, 7) is 7.10. The van der Waals surface area contributed by atoms with Gasteiger partial charge in [-0.2, -0.15) is 0 Å². The van der Waals surface area contributed by atoms with Crippen molar-refractivity contribution < 1.29 is 9.53 Å². The highest BCUT2D eigenvalue weighted by molar-refractivity contribution is 8.16. The van der Waals surface area contributed by atoms with Gasteiger partial charge >= 0.3 is 0 Å². The van der Waals surface area contributed by atoms with Gasteiger partial charge in [-0.15, -0.1) is 0 Å². The first kappa shape index (κ1) is 20.1. The minimum Gasteiger partial charge on any atom is -0.487 e. The van der Waals surface area contributed by atoms with E-state index in [0.717, 1.165) is 73.4 Å². The summed E-state index contributed by atoms with van der Waals surface area (Å²) in [5, 5.41) is 3.17. The number of unbranched alkanes of at least 4 members (excludes halogenated alkanes) is 2. The number of carbonyl (C=O) groups is 1. The smallest absolute Gasteiger partial charge is 0.169 e. The van der Waals surface area contributed by atoms with E-state index < -0.39 is 0 Å². The lowest BCUT2D eigenvalue weighted by Crippen LogP contribution is -2.45. The topological polar surface area (TPSA) is 48.4 Å². The quantitative estimate of drug-likeness (QED) is 0.598. The number of benzene rings is 1. The van der Waals surface area contributed by atoms with Gasteiger partial charge in [0.1, 0.15) is 12.4 Å². The van der Waals surface area contributed by atoms with Crippen LogP contribution in [0.1, 0.15) is 39.5 Å². The number of hydrogen-bond acceptors (Lipinski definition) is 7. The van der Waals surface area contributed by atoms with Gasteiger partial charge in [0.15, 0.2) is 16.7 Å². The summed E-state index contributed by atoms with van der Waals surface area (Å²) in [5.74, 6) is 2.12. The Morgan fingerprint density at radius 2 is 2.21 bits per heavy atom. The van der Waals surface area contributed by atoms with E-state index in [1.54, 1.807) is 18.7 Å². The van der Waals surface area contributed by atoms with E-state index in [9.17, 15) is 4.79 Å². The van der Waals surface area contributed by atoms with Crippen LogP contribution in [-0.4, -0.2) is 55.2 Å². The van der Waals surface area contributed by atoms with Crippen LogP contribution in [0.15, 0.2) is 34.4 Å². The number of aliphatic imine (C=N–C) groups is 1. The number of nitrogens with zero attached hydrogens (tertiary/aromatic N) is 4. The number of amidine groups is 1. The summed E-state index contributed by atoms with van der Waals surface area (Å²) in [6.07, 6.45) is 4.15. The Bertz CT molecular complexity index is 838. The van der Waals surface area contributed by atoms with Crippen molar-refractivity contribution in [2.45, 2.75) is 45.6 Å².